The molecule has 0 aliphatic carbocycles. The van der Waals surface area contributed by atoms with Crippen LogP contribution in [0.15, 0.2) is 0 Å². The number of carbonyl (C=O) groups is 1. The van der Waals surface area contributed by atoms with Crippen LogP contribution in [-0.4, -0.2) is 48.4 Å². The maximum Gasteiger partial charge on any atom is 0.460 e. The van der Waals surface area contributed by atoms with Gasteiger partial charge in [-0.2, -0.15) is 57.1 Å². The van der Waals surface area contributed by atoms with Crippen molar-refractivity contribution in [1.82, 2.24) is 0 Å². The van der Waals surface area contributed by atoms with E-state index in [9.17, 15) is 61.9 Å². The molecule has 180 valence electrons. The first-order valence-electron chi connectivity index (χ1n) is 8.24. The monoisotopic (exact) mass is 476 g/mol. The van der Waals surface area contributed by atoms with Crippen molar-refractivity contribution >= 4 is 5.97 Å². The van der Waals surface area contributed by atoms with Crippen LogP contribution < -0.4 is 0 Å². The Morgan fingerprint density at radius 1 is 0.733 bits per heavy atom. The minimum Gasteiger partial charge on any atom is -0.465 e. The molecular weight excluding hydrogens is 459 g/mol. The second kappa shape index (κ2) is 8.97. The summed E-state index contributed by atoms with van der Waals surface area (Å²) in [5, 5.41) is 0. The number of alkyl halides is 13. The second-order valence-electron chi connectivity index (χ2n) is 6.43. The maximum absolute atomic E-state index is 13.5. The van der Waals surface area contributed by atoms with Crippen molar-refractivity contribution in [3.63, 3.8) is 0 Å². The first-order valence-corrected chi connectivity index (χ1v) is 8.24. The van der Waals surface area contributed by atoms with Crippen LogP contribution in [0.25, 0.3) is 0 Å². The first-order chi connectivity index (χ1) is 13.1. The van der Waals surface area contributed by atoms with Crippen molar-refractivity contribution in [3.8, 4) is 0 Å². The lowest BCUT2D eigenvalue weighted by Gasteiger charge is -2.39. The molecule has 0 aromatic carbocycles. The third-order valence-electron chi connectivity index (χ3n) is 4.14. The number of hydrogen-bond acceptors (Lipinski definition) is 2. The fraction of sp³-hybridized carbons (Fsp3) is 0.933. The van der Waals surface area contributed by atoms with E-state index < -0.39 is 73.5 Å². The van der Waals surface area contributed by atoms with Gasteiger partial charge >= 0.3 is 41.8 Å². The molecule has 0 aromatic rings. The number of ether oxygens (including phenoxy) is 1. The van der Waals surface area contributed by atoms with E-state index in [0.717, 1.165) is 0 Å². The van der Waals surface area contributed by atoms with Crippen LogP contribution in [0.4, 0.5) is 57.1 Å². The summed E-state index contributed by atoms with van der Waals surface area (Å²) in [4.78, 5) is 11.3. The largest absolute Gasteiger partial charge is 0.465 e. The van der Waals surface area contributed by atoms with Crippen molar-refractivity contribution < 1.29 is 66.6 Å². The summed E-state index contributed by atoms with van der Waals surface area (Å²) < 4.78 is 172. The molecule has 0 N–H and O–H groups in total. The zero-order chi connectivity index (χ0) is 24.4. The highest BCUT2D eigenvalue weighted by Gasteiger charge is 2.90. The third kappa shape index (κ3) is 5.06. The molecule has 0 spiro atoms. The minimum absolute atomic E-state index is 0.328. The standard InChI is InChI=1S/C15H17F13O2/c1-3-8(2)9(29)30-7-5-4-6-10(16,17)11(18,19)12(20,21)13(22,23)14(24,25)15(26,27)28/h8H,3-7H2,1-2H3. The van der Waals surface area contributed by atoms with Gasteiger partial charge in [0.2, 0.25) is 0 Å². The van der Waals surface area contributed by atoms with E-state index in [2.05, 4.69) is 4.74 Å². The van der Waals surface area contributed by atoms with Crippen LogP contribution in [0.5, 0.6) is 0 Å². The molecule has 2 nitrogen and oxygen atoms in total. The molecule has 0 fully saturated rings. The Morgan fingerprint density at radius 3 is 1.57 bits per heavy atom. The quantitative estimate of drug-likeness (QED) is 0.194. The molecule has 0 aliphatic heterocycles. The molecule has 1 atom stereocenters. The van der Waals surface area contributed by atoms with Gasteiger partial charge in [-0.1, -0.05) is 13.8 Å². The van der Waals surface area contributed by atoms with E-state index in [0.29, 0.717) is 6.42 Å². The molecular formula is C15H17F13O2. The van der Waals surface area contributed by atoms with Gasteiger partial charge in [0.25, 0.3) is 0 Å². The molecule has 0 saturated heterocycles. The first kappa shape index (κ1) is 28.6. The van der Waals surface area contributed by atoms with Crippen LogP contribution in [0.1, 0.15) is 39.5 Å². The van der Waals surface area contributed by atoms with Gasteiger partial charge in [-0.3, -0.25) is 4.79 Å². The minimum atomic E-state index is -7.89. The topological polar surface area (TPSA) is 26.3 Å². The number of unbranched alkanes of at least 4 members (excludes halogenated alkanes) is 1. The molecule has 0 amide bonds. The van der Waals surface area contributed by atoms with Crippen molar-refractivity contribution in [2.75, 3.05) is 6.61 Å². The van der Waals surface area contributed by atoms with E-state index in [1.807, 2.05) is 0 Å². The molecule has 0 heterocycles. The molecule has 0 radical (unpaired) electrons. The van der Waals surface area contributed by atoms with Gasteiger partial charge in [-0.25, -0.2) is 0 Å². The van der Waals surface area contributed by atoms with E-state index in [-0.39, 0.29) is 0 Å². The lowest BCUT2D eigenvalue weighted by molar-refractivity contribution is -0.440. The van der Waals surface area contributed by atoms with E-state index >= 15 is 0 Å². The van der Waals surface area contributed by atoms with Crippen LogP contribution in [0.3, 0.4) is 0 Å². The lowest BCUT2D eigenvalue weighted by Crippen LogP contribution is -2.70. The van der Waals surface area contributed by atoms with Crippen molar-refractivity contribution in [2.24, 2.45) is 5.92 Å². The molecule has 15 heteroatoms. The predicted octanol–water partition coefficient (Wildman–Crippen LogP) is 6.48. The Hall–Kier alpha value is -1.44. The van der Waals surface area contributed by atoms with E-state index in [1.54, 1.807) is 6.92 Å². The Morgan fingerprint density at radius 2 is 1.17 bits per heavy atom. The fourth-order valence-electron chi connectivity index (χ4n) is 1.89. The summed E-state index contributed by atoms with van der Waals surface area (Å²) in [6, 6.07) is 0. The summed E-state index contributed by atoms with van der Waals surface area (Å²) in [6.45, 7) is 2.38. The fourth-order valence-corrected chi connectivity index (χ4v) is 1.89. The predicted molar refractivity (Wildman–Crippen MR) is 75.1 cm³/mol. The van der Waals surface area contributed by atoms with Gasteiger partial charge < -0.3 is 4.74 Å². The SMILES string of the molecule is CCC(C)C(=O)OCCCCC(F)(F)C(F)(F)C(F)(F)C(F)(F)C(F)(F)C(F)(F)F. The van der Waals surface area contributed by atoms with Gasteiger partial charge in [-0.05, 0) is 19.3 Å². The highest BCUT2D eigenvalue weighted by atomic mass is 19.4. The van der Waals surface area contributed by atoms with Gasteiger partial charge in [0, 0.05) is 6.42 Å². The highest BCUT2D eigenvalue weighted by Crippen LogP contribution is 2.60. The zero-order valence-corrected chi connectivity index (χ0v) is 15.3. The molecule has 1 unspecified atom stereocenters. The second-order valence-corrected chi connectivity index (χ2v) is 6.43. The average Bonchev–Trinajstić information content (AvgIpc) is 2.58. The number of esters is 1. The molecule has 30 heavy (non-hydrogen) atoms. The van der Waals surface area contributed by atoms with Crippen molar-refractivity contribution in [1.29, 1.82) is 0 Å². The summed E-state index contributed by atoms with van der Waals surface area (Å²) >= 11 is 0. The normalized spacial score (nSPS) is 15.8. The van der Waals surface area contributed by atoms with Crippen LogP contribution >= 0.6 is 0 Å². The Labute approximate surface area is 161 Å². The molecule has 0 aromatic heterocycles. The zero-order valence-electron chi connectivity index (χ0n) is 15.3. The Bertz CT molecular complexity index is 584. The van der Waals surface area contributed by atoms with Gasteiger partial charge in [0.1, 0.15) is 0 Å². The van der Waals surface area contributed by atoms with E-state index in [1.165, 1.54) is 6.92 Å². The number of rotatable bonds is 11. The van der Waals surface area contributed by atoms with Gasteiger partial charge in [0.05, 0.1) is 12.5 Å². The smallest absolute Gasteiger partial charge is 0.460 e. The van der Waals surface area contributed by atoms with Crippen LogP contribution in [0, 0.1) is 5.92 Å². The molecule has 0 rings (SSSR count). The Balaban J connectivity index is 5.35. The number of carbonyl (C=O) groups excluding carboxylic acids is 1. The van der Waals surface area contributed by atoms with Crippen LogP contribution in [0.2, 0.25) is 0 Å². The van der Waals surface area contributed by atoms with Crippen molar-refractivity contribution in [2.45, 2.75) is 75.3 Å². The molecule has 0 bridgehead atoms. The van der Waals surface area contributed by atoms with Crippen LogP contribution in [-0.2, 0) is 9.53 Å². The molecule has 0 aliphatic rings. The number of halogens is 13. The summed E-state index contributed by atoms with van der Waals surface area (Å²) in [5.74, 6) is -38.2. The summed E-state index contributed by atoms with van der Waals surface area (Å²) in [7, 11) is 0. The molecule has 0 saturated carbocycles. The van der Waals surface area contributed by atoms with E-state index in [4.69, 9.17) is 0 Å². The highest BCUT2D eigenvalue weighted by molar-refractivity contribution is 5.71. The maximum atomic E-state index is 13.5. The third-order valence-corrected chi connectivity index (χ3v) is 4.14. The van der Waals surface area contributed by atoms with Crippen molar-refractivity contribution in [3.05, 3.63) is 0 Å². The van der Waals surface area contributed by atoms with Gasteiger partial charge in [-0.15, -0.1) is 0 Å². The summed E-state index contributed by atoms with van der Waals surface area (Å²) in [6.07, 6.45) is -11.1. The lowest BCUT2D eigenvalue weighted by atomic mass is 9.92. The number of hydrogen-bond donors (Lipinski definition) is 0. The Kier molecular flexibility index (Phi) is 8.54. The summed E-state index contributed by atoms with van der Waals surface area (Å²) in [5.41, 5.74) is 0. The average molecular weight is 476 g/mol. The van der Waals surface area contributed by atoms with Gasteiger partial charge in [0.15, 0.2) is 0 Å².